The number of para-hydroxylation sites is 2. The molecule has 0 bridgehead atoms. The van der Waals surface area contributed by atoms with Gasteiger partial charge in [0.15, 0.2) is 17.6 Å². The zero-order valence-electron chi connectivity index (χ0n) is 18.3. The van der Waals surface area contributed by atoms with E-state index in [-0.39, 0.29) is 18.2 Å². The van der Waals surface area contributed by atoms with Crippen LogP contribution in [0.1, 0.15) is 32.8 Å². The van der Waals surface area contributed by atoms with Gasteiger partial charge in [-0.05, 0) is 57.0 Å². The first kappa shape index (κ1) is 22.5. The van der Waals surface area contributed by atoms with Crippen molar-refractivity contribution in [3.63, 3.8) is 0 Å². The molecule has 1 heterocycles. The number of ether oxygens (including phenoxy) is 3. The van der Waals surface area contributed by atoms with Crippen molar-refractivity contribution in [3.05, 3.63) is 48.0 Å². The van der Waals surface area contributed by atoms with Gasteiger partial charge in [0, 0.05) is 19.5 Å². The van der Waals surface area contributed by atoms with Crippen molar-refractivity contribution < 1.29 is 23.8 Å². The summed E-state index contributed by atoms with van der Waals surface area (Å²) in [6, 6.07) is 13.2. The highest BCUT2D eigenvalue weighted by atomic mass is 16.5. The summed E-state index contributed by atoms with van der Waals surface area (Å²) in [5, 5.41) is 2.93. The SMILES string of the molecule is CCOc1ccc(CCNC(=O)CCN2C(=O)C(C)Oc3ccccc32)cc1OCC. The lowest BCUT2D eigenvalue weighted by molar-refractivity contribution is -0.125. The van der Waals surface area contributed by atoms with Crippen LogP contribution in [0.4, 0.5) is 5.69 Å². The minimum absolute atomic E-state index is 0.0969. The number of carbonyl (C=O) groups excluding carboxylic acids is 2. The summed E-state index contributed by atoms with van der Waals surface area (Å²) in [5.41, 5.74) is 1.76. The second-order valence-electron chi connectivity index (χ2n) is 7.21. The van der Waals surface area contributed by atoms with Crippen LogP contribution in [0.3, 0.4) is 0 Å². The van der Waals surface area contributed by atoms with Crippen LogP contribution in [0, 0.1) is 0 Å². The number of anilines is 1. The third-order valence-corrected chi connectivity index (χ3v) is 4.98. The minimum Gasteiger partial charge on any atom is -0.490 e. The summed E-state index contributed by atoms with van der Waals surface area (Å²) >= 11 is 0. The monoisotopic (exact) mass is 426 g/mol. The summed E-state index contributed by atoms with van der Waals surface area (Å²) in [4.78, 5) is 26.5. The molecular formula is C24H30N2O5. The van der Waals surface area contributed by atoms with Crippen molar-refractivity contribution in [1.82, 2.24) is 5.32 Å². The largest absolute Gasteiger partial charge is 0.490 e. The van der Waals surface area contributed by atoms with E-state index in [4.69, 9.17) is 14.2 Å². The summed E-state index contributed by atoms with van der Waals surface area (Å²) in [6.07, 6.45) is 0.339. The fourth-order valence-electron chi connectivity index (χ4n) is 3.49. The Morgan fingerprint density at radius 3 is 2.61 bits per heavy atom. The third kappa shape index (κ3) is 5.69. The quantitative estimate of drug-likeness (QED) is 0.631. The number of hydrogen-bond acceptors (Lipinski definition) is 5. The lowest BCUT2D eigenvalue weighted by atomic mass is 10.1. The standard InChI is InChI=1S/C24H30N2O5/c1-4-29-21-11-10-18(16-22(21)30-5-2)12-14-25-23(27)13-15-26-19-8-6-7-9-20(19)31-17(3)24(26)28/h6-11,16-17H,4-5,12-15H2,1-3H3,(H,25,27). The Kier molecular flexibility index (Phi) is 7.76. The number of rotatable bonds is 10. The Morgan fingerprint density at radius 1 is 1.10 bits per heavy atom. The van der Waals surface area contributed by atoms with Crippen molar-refractivity contribution in [1.29, 1.82) is 0 Å². The van der Waals surface area contributed by atoms with Crippen molar-refractivity contribution in [2.75, 3.05) is 31.2 Å². The van der Waals surface area contributed by atoms with Gasteiger partial charge in [-0.15, -0.1) is 0 Å². The van der Waals surface area contributed by atoms with E-state index in [9.17, 15) is 9.59 Å². The van der Waals surface area contributed by atoms with Crippen LogP contribution in [-0.4, -0.2) is 44.2 Å². The van der Waals surface area contributed by atoms with Crippen molar-refractivity contribution >= 4 is 17.5 Å². The predicted molar refractivity (Wildman–Crippen MR) is 119 cm³/mol. The Labute approximate surface area is 183 Å². The first-order chi connectivity index (χ1) is 15.0. The van der Waals surface area contributed by atoms with Crippen molar-refractivity contribution in [2.45, 2.75) is 39.7 Å². The molecule has 0 fully saturated rings. The van der Waals surface area contributed by atoms with E-state index in [0.717, 1.165) is 11.3 Å². The minimum atomic E-state index is -0.558. The molecule has 0 aliphatic carbocycles. The molecule has 2 amide bonds. The second kappa shape index (κ2) is 10.7. The van der Waals surface area contributed by atoms with Gasteiger partial charge >= 0.3 is 0 Å². The Bertz CT molecular complexity index is 915. The molecule has 2 aromatic carbocycles. The smallest absolute Gasteiger partial charge is 0.267 e. The topological polar surface area (TPSA) is 77.1 Å². The molecule has 0 saturated carbocycles. The fraction of sp³-hybridized carbons (Fsp3) is 0.417. The van der Waals surface area contributed by atoms with Crippen molar-refractivity contribution in [2.24, 2.45) is 0 Å². The second-order valence-corrected chi connectivity index (χ2v) is 7.21. The Hall–Kier alpha value is -3.22. The number of fused-ring (bicyclic) bond motifs is 1. The first-order valence-electron chi connectivity index (χ1n) is 10.8. The molecule has 7 heteroatoms. The summed E-state index contributed by atoms with van der Waals surface area (Å²) in [5.74, 6) is 1.87. The van der Waals surface area contributed by atoms with Crippen LogP contribution in [0.5, 0.6) is 17.2 Å². The van der Waals surface area contributed by atoms with Gasteiger partial charge in [-0.2, -0.15) is 0 Å². The van der Waals surface area contributed by atoms with Gasteiger partial charge < -0.3 is 24.4 Å². The maximum absolute atomic E-state index is 12.5. The molecule has 1 aliphatic rings. The third-order valence-electron chi connectivity index (χ3n) is 4.98. The number of nitrogens with one attached hydrogen (secondary N) is 1. The highest BCUT2D eigenvalue weighted by Gasteiger charge is 2.31. The molecule has 2 aromatic rings. The molecule has 31 heavy (non-hydrogen) atoms. The van der Waals surface area contributed by atoms with E-state index in [2.05, 4.69) is 5.32 Å². The average molecular weight is 427 g/mol. The molecule has 1 atom stereocenters. The van der Waals surface area contributed by atoms with Gasteiger partial charge in [-0.25, -0.2) is 0 Å². The Balaban J connectivity index is 1.51. The lowest BCUT2D eigenvalue weighted by Crippen LogP contribution is -2.45. The molecule has 0 radical (unpaired) electrons. The molecule has 1 N–H and O–H groups in total. The number of hydrogen-bond donors (Lipinski definition) is 1. The molecular weight excluding hydrogens is 396 g/mol. The summed E-state index contributed by atoms with van der Waals surface area (Å²) in [7, 11) is 0. The maximum Gasteiger partial charge on any atom is 0.267 e. The van der Waals surface area contributed by atoms with Gasteiger partial charge in [0.2, 0.25) is 5.91 Å². The molecule has 3 rings (SSSR count). The molecule has 0 saturated heterocycles. The molecule has 1 aliphatic heterocycles. The average Bonchev–Trinajstić information content (AvgIpc) is 2.76. The maximum atomic E-state index is 12.5. The van der Waals surface area contributed by atoms with Crippen LogP contribution in [0.2, 0.25) is 0 Å². The summed E-state index contributed by atoms with van der Waals surface area (Å²) in [6.45, 7) is 7.53. The summed E-state index contributed by atoms with van der Waals surface area (Å²) < 4.78 is 16.9. The highest BCUT2D eigenvalue weighted by Crippen LogP contribution is 2.33. The van der Waals surface area contributed by atoms with Crippen LogP contribution in [0.15, 0.2) is 42.5 Å². The number of amides is 2. The predicted octanol–water partition coefficient (Wildman–Crippen LogP) is 3.35. The van der Waals surface area contributed by atoms with Gasteiger partial charge in [-0.1, -0.05) is 18.2 Å². The van der Waals surface area contributed by atoms with E-state index in [1.165, 1.54) is 0 Å². The normalized spacial score (nSPS) is 15.1. The molecule has 0 spiro atoms. The van der Waals surface area contributed by atoms with Crippen LogP contribution in [0.25, 0.3) is 0 Å². The number of nitrogens with zero attached hydrogens (tertiary/aromatic N) is 1. The number of carbonyl (C=O) groups is 2. The van der Waals surface area contributed by atoms with Gasteiger partial charge in [-0.3, -0.25) is 9.59 Å². The zero-order valence-corrected chi connectivity index (χ0v) is 18.3. The van der Waals surface area contributed by atoms with E-state index in [1.54, 1.807) is 11.8 Å². The number of benzene rings is 2. The van der Waals surface area contributed by atoms with E-state index >= 15 is 0 Å². The van der Waals surface area contributed by atoms with E-state index < -0.39 is 6.10 Å². The lowest BCUT2D eigenvalue weighted by Gasteiger charge is -2.32. The zero-order chi connectivity index (χ0) is 22.2. The van der Waals surface area contributed by atoms with Gasteiger partial charge in [0.1, 0.15) is 5.75 Å². The first-order valence-corrected chi connectivity index (χ1v) is 10.8. The van der Waals surface area contributed by atoms with Crippen LogP contribution < -0.4 is 24.4 Å². The molecule has 7 nitrogen and oxygen atoms in total. The van der Waals surface area contributed by atoms with Gasteiger partial charge in [0.25, 0.3) is 5.91 Å². The molecule has 166 valence electrons. The van der Waals surface area contributed by atoms with Crippen molar-refractivity contribution in [3.8, 4) is 17.2 Å². The van der Waals surface area contributed by atoms with Gasteiger partial charge in [0.05, 0.1) is 18.9 Å². The Morgan fingerprint density at radius 2 is 1.84 bits per heavy atom. The molecule has 1 unspecified atom stereocenters. The fourth-order valence-corrected chi connectivity index (χ4v) is 3.49. The molecule has 0 aromatic heterocycles. The van der Waals surface area contributed by atoms with Crippen LogP contribution in [-0.2, 0) is 16.0 Å². The highest BCUT2D eigenvalue weighted by molar-refractivity contribution is 6.00. The van der Waals surface area contributed by atoms with E-state index in [1.807, 2.05) is 56.3 Å². The van der Waals surface area contributed by atoms with E-state index in [0.29, 0.717) is 49.9 Å². The van der Waals surface area contributed by atoms with Crippen LogP contribution >= 0.6 is 0 Å².